The summed E-state index contributed by atoms with van der Waals surface area (Å²) in [7, 11) is 0. The third-order valence-electron chi connectivity index (χ3n) is 1.31. The van der Waals surface area contributed by atoms with Gasteiger partial charge < -0.3 is 5.11 Å². The Morgan fingerprint density at radius 1 is 1.40 bits per heavy atom. The molecular weight excluding hydrogens is 144 g/mol. The van der Waals surface area contributed by atoms with Gasteiger partial charge in [0.25, 0.3) is 0 Å². The summed E-state index contributed by atoms with van der Waals surface area (Å²) in [5, 5.41) is 8.61. The van der Waals surface area contributed by atoms with Crippen molar-refractivity contribution >= 4 is 11.8 Å². The number of aliphatic hydroxyl groups excluding tert-OH is 1. The van der Waals surface area contributed by atoms with Gasteiger partial charge in [-0.1, -0.05) is 30.0 Å². The third-order valence-corrected chi connectivity index (χ3v) is 2.21. The second kappa shape index (κ2) is 3.64. The first-order chi connectivity index (χ1) is 4.84. The van der Waals surface area contributed by atoms with Crippen molar-refractivity contribution < 1.29 is 5.11 Å². The van der Waals surface area contributed by atoms with Gasteiger partial charge in [0.1, 0.15) is 0 Å². The van der Waals surface area contributed by atoms with Gasteiger partial charge in [0.15, 0.2) is 0 Å². The van der Waals surface area contributed by atoms with Crippen LogP contribution in [0, 0.1) is 6.92 Å². The van der Waals surface area contributed by atoms with Crippen LogP contribution in [0.4, 0.5) is 0 Å². The van der Waals surface area contributed by atoms with E-state index in [4.69, 9.17) is 5.11 Å². The van der Waals surface area contributed by atoms with E-state index < -0.39 is 0 Å². The van der Waals surface area contributed by atoms with Gasteiger partial charge in [-0.2, -0.15) is 0 Å². The molecule has 0 aliphatic rings. The van der Waals surface area contributed by atoms with E-state index in [1.807, 2.05) is 31.2 Å². The maximum Gasteiger partial charge on any atom is 0.0932 e. The highest BCUT2D eigenvalue weighted by molar-refractivity contribution is 7.99. The molecule has 0 bridgehead atoms. The maximum atomic E-state index is 8.61. The number of hydrogen-bond donors (Lipinski definition) is 1. The van der Waals surface area contributed by atoms with Crippen molar-refractivity contribution in [2.75, 3.05) is 5.94 Å². The summed E-state index contributed by atoms with van der Waals surface area (Å²) in [6.07, 6.45) is 0. The molecule has 1 rings (SSSR count). The zero-order chi connectivity index (χ0) is 7.40. The molecule has 10 heavy (non-hydrogen) atoms. The van der Waals surface area contributed by atoms with E-state index in [0.717, 1.165) is 4.90 Å². The molecule has 0 aliphatic carbocycles. The van der Waals surface area contributed by atoms with Crippen molar-refractivity contribution in [3.05, 3.63) is 29.8 Å². The molecule has 0 aromatic heterocycles. The second-order valence-corrected chi connectivity index (χ2v) is 3.03. The van der Waals surface area contributed by atoms with Gasteiger partial charge in [0.05, 0.1) is 5.94 Å². The molecule has 0 unspecified atom stereocenters. The van der Waals surface area contributed by atoms with Gasteiger partial charge in [-0.25, -0.2) is 0 Å². The topological polar surface area (TPSA) is 20.2 Å². The van der Waals surface area contributed by atoms with Crippen LogP contribution < -0.4 is 0 Å². The number of hydrogen-bond acceptors (Lipinski definition) is 2. The molecule has 0 radical (unpaired) electrons. The highest BCUT2D eigenvalue weighted by Gasteiger charge is 1.93. The number of thioether (sulfide) groups is 1. The van der Waals surface area contributed by atoms with E-state index in [-0.39, 0.29) is 5.94 Å². The molecule has 0 heterocycles. The summed E-state index contributed by atoms with van der Waals surface area (Å²) in [6, 6.07) is 8.02. The number of aliphatic hydroxyl groups is 1. The predicted molar refractivity (Wildman–Crippen MR) is 44.1 cm³/mol. The van der Waals surface area contributed by atoms with Gasteiger partial charge in [0, 0.05) is 4.90 Å². The molecule has 0 saturated heterocycles. The standard InChI is InChI=1S/C8H10OS/c1-7-4-2-3-5-8(7)10-6-9/h2-5,9H,6H2,1H3. The van der Waals surface area contributed by atoms with Crippen LogP contribution in [-0.4, -0.2) is 11.0 Å². The Bertz CT molecular complexity index is 210. The van der Waals surface area contributed by atoms with Crippen molar-refractivity contribution in [3.8, 4) is 0 Å². The van der Waals surface area contributed by atoms with E-state index in [2.05, 4.69) is 0 Å². The van der Waals surface area contributed by atoms with Crippen molar-refractivity contribution in [1.82, 2.24) is 0 Å². The minimum atomic E-state index is 0.158. The summed E-state index contributed by atoms with van der Waals surface area (Å²) < 4.78 is 0. The van der Waals surface area contributed by atoms with E-state index >= 15 is 0 Å². The third kappa shape index (κ3) is 1.75. The van der Waals surface area contributed by atoms with Gasteiger partial charge in [-0.3, -0.25) is 0 Å². The molecule has 1 aromatic rings. The average Bonchev–Trinajstić information content (AvgIpc) is 1.94. The Morgan fingerprint density at radius 3 is 2.70 bits per heavy atom. The normalized spacial score (nSPS) is 9.80. The highest BCUT2D eigenvalue weighted by atomic mass is 32.2. The molecular formula is C8H10OS. The van der Waals surface area contributed by atoms with Crippen LogP contribution in [-0.2, 0) is 0 Å². The molecule has 0 atom stereocenters. The number of rotatable bonds is 2. The minimum Gasteiger partial charge on any atom is -0.385 e. The van der Waals surface area contributed by atoms with Gasteiger partial charge >= 0.3 is 0 Å². The molecule has 2 heteroatoms. The molecule has 1 nitrogen and oxygen atoms in total. The number of aryl methyl sites for hydroxylation is 1. The quantitative estimate of drug-likeness (QED) is 0.519. The van der Waals surface area contributed by atoms with E-state index in [9.17, 15) is 0 Å². The molecule has 1 aromatic carbocycles. The van der Waals surface area contributed by atoms with Crippen LogP contribution in [0.5, 0.6) is 0 Å². The summed E-state index contributed by atoms with van der Waals surface area (Å²) in [4.78, 5) is 1.16. The maximum absolute atomic E-state index is 8.61. The van der Waals surface area contributed by atoms with Crippen LogP contribution in [0.3, 0.4) is 0 Å². The zero-order valence-electron chi connectivity index (χ0n) is 5.87. The zero-order valence-corrected chi connectivity index (χ0v) is 6.69. The van der Waals surface area contributed by atoms with Gasteiger partial charge in [-0.05, 0) is 18.6 Å². The summed E-state index contributed by atoms with van der Waals surface area (Å²) >= 11 is 1.46. The first-order valence-electron chi connectivity index (χ1n) is 3.14. The average molecular weight is 154 g/mol. The predicted octanol–water partition coefficient (Wildman–Crippen LogP) is 2.04. The Hall–Kier alpha value is -0.470. The fourth-order valence-corrected chi connectivity index (χ4v) is 1.40. The lowest BCUT2D eigenvalue weighted by molar-refractivity contribution is 0.375. The molecule has 1 N–H and O–H groups in total. The van der Waals surface area contributed by atoms with Gasteiger partial charge in [-0.15, -0.1) is 0 Å². The first-order valence-corrected chi connectivity index (χ1v) is 4.12. The van der Waals surface area contributed by atoms with E-state index in [1.165, 1.54) is 17.3 Å². The minimum absolute atomic E-state index is 0.158. The van der Waals surface area contributed by atoms with Crippen LogP contribution in [0.1, 0.15) is 5.56 Å². The smallest absolute Gasteiger partial charge is 0.0932 e. The molecule has 0 aliphatic heterocycles. The van der Waals surface area contributed by atoms with Crippen molar-refractivity contribution in [2.24, 2.45) is 0 Å². The Labute approximate surface area is 65.1 Å². The molecule has 0 saturated carbocycles. The van der Waals surface area contributed by atoms with Crippen LogP contribution >= 0.6 is 11.8 Å². The Balaban J connectivity index is 2.81. The fraction of sp³-hybridized carbons (Fsp3) is 0.250. The highest BCUT2D eigenvalue weighted by Crippen LogP contribution is 2.19. The van der Waals surface area contributed by atoms with Gasteiger partial charge in [0.2, 0.25) is 0 Å². The van der Waals surface area contributed by atoms with Crippen LogP contribution in [0.2, 0.25) is 0 Å². The van der Waals surface area contributed by atoms with Crippen molar-refractivity contribution in [1.29, 1.82) is 0 Å². The summed E-state index contributed by atoms with van der Waals surface area (Å²) in [5.74, 6) is 0.158. The van der Waals surface area contributed by atoms with E-state index in [0.29, 0.717) is 0 Å². The molecule has 0 fully saturated rings. The number of benzene rings is 1. The lowest BCUT2D eigenvalue weighted by Crippen LogP contribution is -1.79. The van der Waals surface area contributed by atoms with Crippen LogP contribution in [0.15, 0.2) is 29.2 Å². The second-order valence-electron chi connectivity index (χ2n) is 2.04. The Kier molecular flexibility index (Phi) is 2.78. The summed E-state index contributed by atoms with van der Waals surface area (Å²) in [6.45, 7) is 2.04. The lowest BCUT2D eigenvalue weighted by atomic mass is 10.2. The lowest BCUT2D eigenvalue weighted by Gasteiger charge is -2.00. The largest absolute Gasteiger partial charge is 0.385 e. The molecule has 0 spiro atoms. The van der Waals surface area contributed by atoms with Crippen LogP contribution in [0.25, 0.3) is 0 Å². The fourth-order valence-electron chi connectivity index (χ4n) is 0.788. The van der Waals surface area contributed by atoms with Crippen molar-refractivity contribution in [3.63, 3.8) is 0 Å². The Morgan fingerprint density at radius 2 is 2.10 bits per heavy atom. The van der Waals surface area contributed by atoms with E-state index in [1.54, 1.807) is 0 Å². The molecule has 54 valence electrons. The monoisotopic (exact) mass is 154 g/mol. The summed E-state index contributed by atoms with van der Waals surface area (Å²) in [5.41, 5.74) is 1.22. The molecule has 0 amide bonds. The SMILES string of the molecule is Cc1ccccc1SCO. The first kappa shape index (κ1) is 7.63. The van der Waals surface area contributed by atoms with Crippen molar-refractivity contribution in [2.45, 2.75) is 11.8 Å².